The van der Waals surface area contributed by atoms with Gasteiger partial charge >= 0.3 is 5.97 Å². The summed E-state index contributed by atoms with van der Waals surface area (Å²) in [6.07, 6.45) is 3.12. The Hall–Kier alpha value is -2.28. The molecule has 0 bridgehead atoms. The molecule has 0 saturated heterocycles. The van der Waals surface area contributed by atoms with Crippen LogP contribution in [-0.4, -0.2) is 17.6 Å². The van der Waals surface area contributed by atoms with E-state index in [-0.39, 0.29) is 5.97 Å². The summed E-state index contributed by atoms with van der Waals surface area (Å²) < 4.78 is 6.66. The molecular formula is C14H14N2O2. The van der Waals surface area contributed by atoms with Gasteiger partial charge in [-0.05, 0) is 30.0 Å². The van der Waals surface area contributed by atoms with Crippen LogP contribution in [0.4, 0.5) is 0 Å². The summed E-state index contributed by atoms with van der Waals surface area (Å²) in [4.78, 5) is 11.0. The smallest absolute Gasteiger partial charge is 0.305 e. The zero-order valence-electron chi connectivity index (χ0n) is 10.2. The SMILES string of the molecule is COC(=O)CCCn1ccc2ccc(C#N)cc21. The maximum absolute atomic E-state index is 11.0. The molecule has 0 radical (unpaired) electrons. The number of benzene rings is 1. The number of hydrogen-bond donors (Lipinski definition) is 0. The average molecular weight is 242 g/mol. The molecule has 4 nitrogen and oxygen atoms in total. The zero-order chi connectivity index (χ0) is 13.0. The van der Waals surface area contributed by atoms with Crippen LogP contribution >= 0.6 is 0 Å². The third kappa shape index (κ3) is 2.51. The van der Waals surface area contributed by atoms with Crippen molar-refractivity contribution in [1.82, 2.24) is 4.57 Å². The van der Waals surface area contributed by atoms with Gasteiger partial charge in [0.1, 0.15) is 0 Å². The third-order valence-electron chi connectivity index (χ3n) is 2.91. The summed E-state index contributed by atoms with van der Waals surface area (Å²) in [5, 5.41) is 9.99. The molecule has 1 heterocycles. The summed E-state index contributed by atoms with van der Waals surface area (Å²) in [7, 11) is 1.40. The van der Waals surface area contributed by atoms with Crippen LogP contribution in [0.3, 0.4) is 0 Å². The third-order valence-corrected chi connectivity index (χ3v) is 2.91. The van der Waals surface area contributed by atoms with E-state index in [1.54, 1.807) is 6.07 Å². The summed E-state index contributed by atoms with van der Waals surface area (Å²) >= 11 is 0. The second kappa shape index (κ2) is 5.37. The molecule has 0 aliphatic carbocycles. The molecular weight excluding hydrogens is 228 g/mol. The van der Waals surface area contributed by atoms with Crippen molar-refractivity contribution in [2.45, 2.75) is 19.4 Å². The standard InChI is InChI=1S/C14H14N2O2/c1-18-14(17)3-2-7-16-8-6-12-5-4-11(10-15)9-13(12)16/h4-6,8-9H,2-3,7H2,1H3. The Morgan fingerprint density at radius 2 is 2.28 bits per heavy atom. The molecule has 0 spiro atoms. The second-order valence-corrected chi connectivity index (χ2v) is 4.07. The van der Waals surface area contributed by atoms with E-state index in [9.17, 15) is 4.79 Å². The van der Waals surface area contributed by atoms with Crippen molar-refractivity contribution in [1.29, 1.82) is 5.26 Å². The first-order chi connectivity index (χ1) is 8.74. The number of aromatic nitrogens is 1. The maximum atomic E-state index is 11.0. The Labute approximate surface area is 105 Å². The first-order valence-electron chi connectivity index (χ1n) is 5.80. The Kier molecular flexibility index (Phi) is 3.63. The van der Waals surface area contributed by atoms with E-state index in [1.165, 1.54) is 7.11 Å². The van der Waals surface area contributed by atoms with Crippen LogP contribution in [0.1, 0.15) is 18.4 Å². The van der Waals surface area contributed by atoms with Crippen molar-refractivity contribution in [3.63, 3.8) is 0 Å². The molecule has 0 saturated carbocycles. The molecule has 4 heteroatoms. The lowest BCUT2D eigenvalue weighted by molar-refractivity contribution is -0.140. The van der Waals surface area contributed by atoms with E-state index < -0.39 is 0 Å². The lowest BCUT2D eigenvalue weighted by Crippen LogP contribution is -2.03. The van der Waals surface area contributed by atoms with E-state index >= 15 is 0 Å². The van der Waals surface area contributed by atoms with Crippen LogP contribution in [0, 0.1) is 11.3 Å². The second-order valence-electron chi connectivity index (χ2n) is 4.07. The van der Waals surface area contributed by atoms with Crippen molar-refractivity contribution in [3.8, 4) is 6.07 Å². The van der Waals surface area contributed by atoms with Gasteiger partial charge in [-0.1, -0.05) is 6.07 Å². The van der Waals surface area contributed by atoms with Crippen molar-refractivity contribution in [2.75, 3.05) is 7.11 Å². The number of nitriles is 1. The molecule has 1 aromatic carbocycles. The molecule has 0 fully saturated rings. The van der Waals surface area contributed by atoms with Gasteiger partial charge < -0.3 is 9.30 Å². The topological polar surface area (TPSA) is 55.0 Å². The number of hydrogen-bond acceptors (Lipinski definition) is 3. The average Bonchev–Trinajstić information content (AvgIpc) is 2.81. The van der Waals surface area contributed by atoms with E-state index in [1.807, 2.05) is 24.4 Å². The summed E-state index contributed by atoms with van der Waals surface area (Å²) in [6, 6.07) is 9.75. The van der Waals surface area contributed by atoms with E-state index in [0.717, 1.165) is 23.9 Å². The molecule has 0 N–H and O–H groups in total. The highest BCUT2D eigenvalue weighted by atomic mass is 16.5. The molecule has 0 aliphatic heterocycles. The van der Waals surface area contributed by atoms with Crippen LogP contribution in [-0.2, 0) is 16.1 Å². The van der Waals surface area contributed by atoms with E-state index in [0.29, 0.717) is 12.0 Å². The molecule has 0 aliphatic rings. The highest BCUT2D eigenvalue weighted by Crippen LogP contribution is 2.18. The van der Waals surface area contributed by atoms with Gasteiger partial charge in [0.05, 0.1) is 18.7 Å². The minimum absolute atomic E-state index is 0.191. The Bertz CT molecular complexity index is 608. The summed E-state index contributed by atoms with van der Waals surface area (Å²) in [5.41, 5.74) is 1.68. The number of ether oxygens (including phenoxy) is 1. The minimum atomic E-state index is -0.191. The lowest BCUT2D eigenvalue weighted by Gasteiger charge is -2.05. The molecule has 1 aromatic heterocycles. The molecule has 0 amide bonds. The zero-order valence-corrected chi connectivity index (χ0v) is 10.2. The largest absolute Gasteiger partial charge is 0.469 e. The lowest BCUT2D eigenvalue weighted by atomic mass is 10.2. The van der Waals surface area contributed by atoms with Gasteiger partial charge in [-0.3, -0.25) is 4.79 Å². The van der Waals surface area contributed by atoms with Crippen LogP contribution in [0.2, 0.25) is 0 Å². The highest BCUT2D eigenvalue weighted by molar-refractivity contribution is 5.81. The molecule has 2 rings (SSSR count). The number of carbonyl (C=O) groups excluding carboxylic acids is 1. The van der Waals surface area contributed by atoms with Crippen molar-refractivity contribution in [3.05, 3.63) is 36.0 Å². The predicted molar refractivity (Wildman–Crippen MR) is 67.9 cm³/mol. The fourth-order valence-electron chi connectivity index (χ4n) is 1.94. The number of nitrogens with zero attached hydrogens (tertiary/aromatic N) is 2. The number of carbonyl (C=O) groups is 1. The van der Waals surface area contributed by atoms with Crippen LogP contribution in [0.25, 0.3) is 10.9 Å². The summed E-state index contributed by atoms with van der Waals surface area (Å²) in [5.74, 6) is -0.191. The van der Waals surface area contributed by atoms with Crippen LogP contribution in [0.15, 0.2) is 30.5 Å². The molecule has 0 unspecified atom stereocenters. The first-order valence-corrected chi connectivity index (χ1v) is 5.80. The van der Waals surface area contributed by atoms with Gasteiger partial charge in [0.15, 0.2) is 0 Å². The number of methoxy groups -OCH3 is 1. The monoisotopic (exact) mass is 242 g/mol. The van der Waals surface area contributed by atoms with Gasteiger partial charge in [-0.25, -0.2) is 0 Å². The van der Waals surface area contributed by atoms with Crippen molar-refractivity contribution < 1.29 is 9.53 Å². The fourth-order valence-corrected chi connectivity index (χ4v) is 1.94. The van der Waals surface area contributed by atoms with E-state index in [2.05, 4.69) is 15.4 Å². The van der Waals surface area contributed by atoms with Crippen molar-refractivity contribution in [2.24, 2.45) is 0 Å². The number of rotatable bonds is 4. The molecule has 18 heavy (non-hydrogen) atoms. The van der Waals surface area contributed by atoms with Crippen LogP contribution in [0.5, 0.6) is 0 Å². The Morgan fingerprint density at radius 3 is 3.00 bits per heavy atom. The summed E-state index contributed by atoms with van der Waals surface area (Å²) in [6.45, 7) is 0.744. The molecule has 2 aromatic rings. The van der Waals surface area contributed by atoms with Crippen molar-refractivity contribution >= 4 is 16.9 Å². The minimum Gasteiger partial charge on any atom is -0.469 e. The van der Waals surface area contributed by atoms with Gasteiger partial charge in [0.2, 0.25) is 0 Å². The predicted octanol–water partition coefficient (Wildman–Crippen LogP) is 2.47. The molecule has 0 atom stereocenters. The van der Waals surface area contributed by atoms with Crippen LogP contribution < -0.4 is 0 Å². The Balaban J connectivity index is 2.13. The van der Waals surface area contributed by atoms with Gasteiger partial charge in [-0.2, -0.15) is 5.26 Å². The fraction of sp³-hybridized carbons (Fsp3) is 0.286. The highest BCUT2D eigenvalue weighted by Gasteiger charge is 2.04. The van der Waals surface area contributed by atoms with E-state index in [4.69, 9.17) is 5.26 Å². The Morgan fingerprint density at radius 1 is 1.44 bits per heavy atom. The molecule has 92 valence electrons. The quantitative estimate of drug-likeness (QED) is 0.774. The van der Waals surface area contributed by atoms with Gasteiger partial charge in [-0.15, -0.1) is 0 Å². The van der Waals surface area contributed by atoms with Gasteiger partial charge in [0.25, 0.3) is 0 Å². The number of fused-ring (bicyclic) bond motifs is 1. The maximum Gasteiger partial charge on any atom is 0.305 e. The van der Waals surface area contributed by atoms with Gasteiger partial charge in [0, 0.05) is 24.7 Å². The first kappa shape index (κ1) is 12.2. The number of esters is 1. The normalized spacial score (nSPS) is 10.2. The number of aryl methyl sites for hydroxylation is 1.